The first-order valence-corrected chi connectivity index (χ1v) is 8.61. The van der Waals surface area contributed by atoms with E-state index in [0.717, 1.165) is 23.4 Å². The maximum absolute atomic E-state index is 12.8. The molecule has 0 atom stereocenters. The highest BCUT2D eigenvalue weighted by Crippen LogP contribution is 2.15. The van der Waals surface area contributed by atoms with Crippen LogP contribution in [0.25, 0.3) is 0 Å². The quantitative estimate of drug-likeness (QED) is 0.648. The highest BCUT2D eigenvalue weighted by molar-refractivity contribution is 7.12. The number of hydrogen-bond acceptors (Lipinski definition) is 2. The molecule has 0 spiro atoms. The Balaban J connectivity index is 1.74. The Bertz CT molecular complexity index is 723. The predicted molar refractivity (Wildman–Crippen MR) is 95.6 cm³/mol. The summed E-state index contributed by atoms with van der Waals surface area (Å²) in [4.78, 5) is 15.5. The van der Waals surface area contributed by atoms with Crippen molar-refractivity contribution < 1.29 is 4.79 Å². The van der Waals surface area contributed by atoms with E-state index in [4.69, 9.17) is 0 Å². The number of rotatable bonds is 6. The lowest BCUT2D eigenvalue weighted by molar-refractivity contribution is 0.0750. The molecular formula is C20H19NOS. The molecule has 0 aliphatic rings. The second kappa shape index (κ2) is 7.75. The number of carbonyl (C=O) groups is 1. The molecule has 3 aromatic rings. The van der Waals surface area contributed by atoms with E-state index in [0.29, 0.717) is 6.54 Å². The van der Waals surface area contributed by atoms with Crippen molar-refractivity contribution in [3.63, 3.8) is 0 Å². The lowest BCUT2D eigenvalue weighted by Crippen LogP contribution is -2.32. The fraction of sp³-hybridized carbons (Fsp3) is 0.150. The van der Waals surface area contributed by atoms with Crippen molar-refractivity contribution in [2.75, 3.05) is 6.54 Å². The predicted octanol–water partition coefficient (Wildman–Crippen LogP) is 4.63. The van der Waals surface area contributed by atoms with E-state index in [1.165, 1.54) is 16.9 Å². The van der Waals surface area contributed by atoms with Crippen LogP contribution < -0.4 is 0 Å². The van der Waals surface area contributed by atoms with Gasteiger partial charge in [-0.25, -0.2) is 0 Å². The standard InChI is InChI=1S/C20H19NOS/c22-20(19-12-7-15-23-19)21(16-18-10-5-2-6-11-18)14-13-17-8-3-1-4-9-17/h1-12,15H,13-14,16H2. The third-order valence-corrected chi connectivity index (χ3v) is 4.61. The van der Waals surface area contributed by atoms with Gasteiger partial charge in [0.25, 0.3) is 5.91 Å². The second-order valence-corrected chi connectivity index (χ2v) is 6.37. The molecule has 0 bridgehead atoms. The summed E-state index contributed by atoms with van der Waals surface area (Å²) < 4.78 is 0. The minimum Gasteiger partial charge on any atom is -0.333 e. The van der Waals surface area contributed by atoms with Gasteiger partial charge in [0.15, 0.2) is 0 Å². The third-order valence-electron chi connectivity index (χ3n) is 3.75. The Morgan fingerprint density at radius 1 is 0.826 bits per heavy atom. The molecular weight excluding hydrogens is 302 g/mol. The van der Waals surface area contributed by atoms with E-state index >= 15 is 0 Å². The number of thiophene rings is 1. The fourth-order valence-corrected chi connectivity index (χ4v) is 3.21. The van der Waals surface area contributed by atoms with Crippen LogP contribution in [0, 0.1) is 0 Å². The van der Waals surface area contributed by atoms with Gasteiger partial charge in [0.2, 0.25) is 0 Å². The van der Waals surface area contributed by atoms with Crippen LogP contribution in [0.3, 0.4) is 0 Å². The zero-order chi connectivity index (χ0) is 15.9. The molecule has 116 valence electrons. The van der Waals surface area contributed by atoms with Gasteiger partial charge in [-0.3, -0.25) is 4.79 Å². The molecule has 0 saturated carbocycles. The van der Waals surface area contributed by atoms with Gasteiger partial charge in [0.1, 0.15) is 0 Å². The molecule has 0 aliphatic carbocycles. The van der Waals surface area contributed by atoms with Crippen molar-refractivity contribution in [1.82, 2.24) is 4.90 Å². The third kappa shape index (κ3) is 4.30. The first-order chi connectivity index (χ1) is 11.3. The summed E-state index contributed by atoms with van der Waals surface area (Å²) in [5.74, 6) is 0.111. The van der Waals surface area contributed by atoms with E-state index in [9.17, 15) is 4.79 Å². The molecule has 3 heteroatoms. The molecule has 3 rings (SSSR count). The Labute approximate surface area is 141 Å². The summed E-state index contributed by atoms with van der Waals surface area (Å²) >= 11 is 1.50. The van der Waals surface area contributed by atoms with E-state index in [1.54, 1.807) is 0 Å². The van der Waals surface area contributed by atoms with Crippen molar-refractivity contribution >= 4 is 17.2 Å². The summed E-state index contributed by atoms with van der Waals surface area (Å²) in [5.41, 5.74) is 2.41. The van der Waals surface area contributed by atoms with Gasteiger partial charge in [-0.2, -0.15) is 0 Å². The van der Waals surface area contributed by atoms with Crippen LogP contribution in [0.4, 0.5) is 0 Å². The summed E-state index contributed by atoms with van der Waals surface area (Å²) in [6.45, 7) is 1.36. The second-order valence-electron chi connectivity index (χ2n) is 5.43. The van der Waals surface area contributed by atoms with Gasteiger partial charge in [0.05, 0.1) is 4.88 Å². The Morgan fingerprint density at radius 3 is 2.09 bits per heavy atom. The number of hydrogen-bond donors (Lipinski definition) is 0. The molecule has 0 saturated heterocycles. The smallest absolute Gasteiger partial charge is 0.264 e. The fourth-order valence-electron chi connectivity index (χ4n) is 2.52. The van der Waals surface area contributed by atoms with Crippen LogP contribution in [-0.2, 0) is 13.0 Å². The number of amides is 1. The molecule has 1 heterocycles. The molecule has 0 N–H and O–H groups in total. The average Bonchev–Trinajstić information content (AvgIpc) is 3.14. The lowest BCUT2D eigenvalue weighted by atomic mass is 10.1. The van der Waals surface area contributed by atoms with E-state index in [1.807, 2.05) is 58.8 Å². The highest BCUT2D eigenvalue weighted by Gasteiger charge is 2.16. The van der Waals surface area contributed by atoms with Crippen molar-refractivity contribution in [2.45, 2.75) is 13.0 Å². The van der Waals surface area contributed by atoms with Crippen molar-refractivity contribution in [3.8, 4) is 0 Å². The van der Waals surface area contributed by atoms with Gasteiger partial charge in [-0.1, -0.05) is 66.7 Å². The molecule has 1 amide bonds. The number of benzene rings is 2. The van der Waals surface area contributed by atoms with Gasteiger partial charge in [-0.05, 0) is 29.0 Å². The molecule has 1 aromatic heterocycles. The zero-order valence-corrected chi connectivity index (χ0v) is 13.7. The molecule has 0 unspecified atom stereocenters. The van der Waals surface area contributed by atoms with Crippen molar-refractivity contribution in [2.24, 2.45) is 0 Å². The zero-order valence-electron chi connectivity index (χ0n) is 12.9. The minimum atomic E-state index is 0.111. The van der Waals surface area contributed by atoms with Gasteiger partial charge >= 0.3 is 0 Å². The van der Waals surface area contributed by atoms with E-state index < -0.39 is 0 Å². The maximum Gasteiger partial charge on any atom is 0.264 e. The highest BCUT2D eigenvalue weighted by atomic mass is 32.1. The molecule has 23 heavy (non-hydrogen) atoms. The SMILES string of the molecule is O=C(c1cccs1)N(CCc1ccccc1)Cc1ccccc1. The van der Waals surface area contributed by atoms with Gasteiger partial charge in [-0.15, -0.1) is 11.3 Å². The largest absolute Gasteiger partial charge is 0.333 e. The molecule has 0 fully saturated rings. The molecule has 0 aliphatic heterocycles. The minimum absolute atomic E-state index is 0.111. The van der Waals surface area contributed by atoms with Crippen LogP contribution >= 0.6 is 11.3 Å². The van der Waals surface area contributed by atoms with Crippen molar-refractivity contribution in [1.29, 1.82) is 0 Å². The van der Waals surface area contributed by atoms with Crippen LogP contribution in [0.5, 0.6) is 0 Å². The van der Waals surface area contributed by atoms with Gasteiger partial charge in [0, 0.05) is 13.1 Å². The summed E-state index contributed by atoms with van der Waals surface area (Å²) in [6.07, 6.45) is 0.866. The molecule has 0 radical (unpaired) electrons. The summed E-state index contributed by atoms with van der Waals surface area (Å²) in [5, 5.41) is 1.95. The summed E-state index contributed by atoms with van der Waals surface area (Å²) in [6, 6.07) is 24.3. The van der Waals surface area contributed by atoms with Crippen LogP contribution in [-0.4, -0.2) is 17.4 Å². The Hall–Kier alpha value is -2.39. The molecule has 2 nitrogen and oxygen atoms in total. The van der Waals surface area contributed by atoms with Crippen LogP contribution in [0.2, 0.25) is 0 Å². The van der Waals surface area contributed by atoms with Gasteiger partial charge < -0.3 is 4.90 Å². The normalized spacial score (nSPS) is 10.4. The lowest BCUT2D eigenvalue weighted by Gasteiger charge is -2.22. The number of carbonyl (C=O) groups excluding carboxylic acids is 1. The maximum atomic E-state index is 12.8. The van der Waals surface area contributed by atoms with Crippen LogP contribution in [0.1, 0.15) is 20.8 Å². The van der Waals surface area contributed by atoms with E-state index in [-0.39, 0.29) is 5.91 Å². The van der Waals surface area contributed by atoms with Crippen LogP contribution in [0.15, 0.2) is 78.2 Å². The Kier molecular flexibility index (Phi) is 5.22. The summed E-state index contributed by atoms with van der Waals surface area (Å²) in [7, 11) is 0. The first-order valence-electron chi connectivity index (χ1n) is 7.73. The van der Waals surface area contributed by atoms with E-state index in [2.05, 4.69) is 24.3 Å². The topological polar surface area (TPSA) is 20.3 Å². The molecule has 2 aromatic carbocycles. The average molecular weight is 321 g/mol. The Morgan fingerprint density at radius 2 is 1.48 bits per heavy atom. The first kappa shape index (κ1) is 15.5. The monoisotopic (exact) mass is 321 g/mol. The van der Waals surface area contributed by atoms with Crippen molar-refractivity contribution in [3.05, 3.63) is 94.2 Å². The number of nitrogens with zero attached hydrogens (tertiary/aromatic N) is 1.